The van der Waals surface area contributed by atoms with Crippen molar-refractivity contribution in [2.24, 2.45) is 0 Å². The van der Waals surface area contributed by atoms with Gasteiger partial charge in [-0.25, -0.2) is 9.97 Å². The van der Waals surface area contributed by atoms with Crippen LogP contribution in [0.1, 0.15) is 56.1 Å². The molecular formula is C14H21ClN2O. The van der Waals surface area contributed by atoms with Crippen LogP contribution in [-0.4, -0.2) is 22.7 Å². The first kappa shape index (κ1) is 13.8. The van der Waals surface area contributed by atoms with Crippen LogP contribution >= 0.6 is 11.6 Å². The molecule has 0 saturated carbocycles. The summed E-state index contributed by atoms with van der Waals surface area (Å²) in [5.74, 6) is 1.17. The number of rotatable bonds is 3. The van der Waals surface area contributed by atoms with Crippen LogP contribution < -0.4 is 0 Å². The topological polar surface area (TPSA) is 35.0 Å². The van der Waals surface area contributed by atoms with Gasteiger partial charge in [0.15, 0.2) is 0 Å². The molecule has 1 aromatic rings. The van der Waals surface area contributed by atoms with Crippen molar-refractivity contribution in [3.8, 4) is 0 Å². The second kappa shape index (κ2) is 5.98. The maximum absolute atomic E-state index is 6.26. The highest BCUT2D eigenvalue weighted by molar-refractivity contribution is 6.30. The fourth-order valence-corrected chi connectivity index (χ4v) is 2.97. The molecule has 2 heterocycles. The fourth-order valence-electron chi connectivity index (χ4n) is 2.52. The van der Waals surface area contributed by atoms with Crippen molar-refractivity contribution >= 4 is 11.6 Å². The second-order valence-corrected chi connectivity index (χ2v) is 5.64. The van der Waals surface area contributed by atoms with Gasteiger partial charge in [-0.2, -0.15) is 0 Å². The Labute approximate surface area is 114 Å². The summed E-state index contributed by atoms with van der Waals surface area (Å²) in [5, 5.41) is 0.600. The monoisotopic (exact) mass is 268 g/mol. The Morgan fingerprint density at radius 1 is 1.33 bits per heavy atom. The van der Waals surface area contributed by atoms with E-state index in [1.165, 1.54) is 12.8 Å². The Balaban J connectivity index is 2.14. The quantitative estimate of drug-likeness (QED) is 0.785. The second-order valence-electron chi connectivity index (χ2n) is 5.28. The molecule has 0 radical (unpaired) electrons. The van der Waals surface area contributed by atoms with Crippen LogP contribution in [0.2, 0.25) is 5.15 Å². The minimum atomic E-state index is 0.263. The van der Waals surface area contributed by atoms with Gasteiger partial charge in [0.05, 0.1) is 6.10 Å². The Morgan fingerprint density at radius 3 is 2.67 bits per heavy atom. The predicted octanol–water partition coefficient (Wildman–Crippen LogP) is 3.67. The standard InChI is InChI=1S/C14H21ClN2O/c1-9(2)13-10(3)16-12(17-14(13)15)8-11-6-4-5-7-18-11/h9,11H,4-8H2,1-3H3. The summed E-state index contributed by atoms with van der Waals surface area (Å²) in [4.78, 5) is 9.00. The molecule has 1 aliphatic heterocycles. The van der Waals surface area contributed by atoms with E-state index in [1.54, 1.807) is 0 Å². The van der Waals surface area contributed by atoms with Crippen LogP contribution in [0.5, 0.6) is 0 Å². The van der Waals surface area contributed by atoms with Gasteiger partial charge in [0.1, 0.15) is 11.0 Å². The Hall–Kier alpha value is -0.670. The van der Waals surface area contributed by atoms with E-state index < -0.39 is 0 Å². The maximum Gasteiger partial charge on any atom is 0.136 e. The first-order chi connectivity index (χ1) is 8.58. The Morgan fingerprint density at radius 2 is 2.11 bits per heavy atom. The van der Waals surface area contributed by atoms with E-state index >= 15 is 0 Å². The zero-order valence-corrected chi connectivity index (χ0v) is 12.1. The van der Waals surface area contributed by atoms with Gasteiger partial charge in [-0.1, -0.05) is 25.4 Å². The van der Waals surface area contributed by atoms with Gasteiger partial charge < -0.3 is 4.74 Å². The summed E-state index contributed by atoms with van der Waals surface area (Å²) < 4.78 is 5.72. The molecule has 0 bridgehead atoms. The minimum Gasteiger partial charge on any atom is -0.378 e. The van der Waals surface area contributed by atoms with Gasteiger partial charge in [0.25, 0.3) is 0 Å². The fraction of sp³-hybridized carbons (Fsp3) is 0.714. The number of aryl methyl sites for hydroxylation is 1. The van der Waals surface area contributed by atoms with Crippen LogP contribution in [0.3, 0.4) is 0 Å². The number of aromatic nitrogens is 2. The van der Waals surface area contributed by atoms with Crippen molar-refractivity contribution in [2.75, 3.05) is 6.61 Å². The molecular weight excluding hydrogens is 248 g/mol. The minimum absolute atomic E-state index is 0.263. The number of hydrogen-bond donors (Lipinski definition) is 0. The molecule has 0 N–H and O–H groups in total. The molecule has 0 amide bonds. The van der Waals surface area contributed by atoms with Crippen LogP contribution in [0.15, 0.2) is 0 Å². The molecule has 1 atom stereocenters. The third kappa shape index (κ3) is 3.21. The molecule has 0 spiro atoms. The Kier molecular flexibility index (Phi) is 4.57. The molecule has 1 aliphatic rings. The molecule has 1 fully saturated rings. The van der Waals surface area contributed by atoms with Crippen molar-refractivity contribution in [3.63, 3.8) is 0 Å². The smallest absolute Gasteiger partial charge is 0.136 e. The molecule has 18 heavy (non-hydrogen) atoms. The molecule has 2 rings (SSSR count). The molecule has 100 valence electrons. The average Bonchev–Trinajstić information content (AvgIpc) is 2.28. The highest BCUT2D eigenvalue weighted by Crippen LogP contribution is 2.25. The van der Waals surface area contributed by atoms with E-state index in [2.05, 4.69) is 23.8 Å². The van der Waals surface area contributed by atoms with E-state index in [-0.39, 0.29) is 6.10 Å². The summed E-state index contributed by atoms with van der Waals surface area (Å²) in [5.41, 5.74) is 2.06. The van der Waals surface area contributed by atoms with E-state index in [0.29, 0.717) is 11.1 Å². The van der Waals surface area contributed by atoms with Crippen molar-refractivity contribution in [2.45, 2.75) is 58.5 Å². The summed E-state index contributed by atoms with van der Waals surface area (Å²) in [6.07, 6.45) is 4.55. The summed E-state index contributed by atoms with van der Waals surface area (Å²) in [6.45, 7) is 7.10. The third-order valence-electron chi connectivity index (χ3n) is 3.40. The SMILES string of the molecule is Cc1nc(CC2CCCCO2)nc(Cl)c1C(C)C. The van der Waals surface area contributed by atoms with Gasteiger partial charge in [0.2, 0.25) is 0 Å². The van der Waals surface area contributed by atoms with Crippen LogP contribution in [0.4, 0.5) is 0 Å². The lowest BCUT2D eigenvalue weighted by molar-refractivity contribution is 0.0156. The van der Waals surface area contributed by atoms with Crippen molar-refractivity contribution in [1.82, 2.24) is 9.97 Å². The number of nitrogens with zero attached hydrogens (tertiary/aromatic N) is 2. The summed E-state index contributed by atoms with van der Waals surface area (Å²) in [6, 6.07) is 0. The van der Waals surface area contributed by atoms with Gasteiger partial charge >= 0.3 is 0 Å². The molecule has 0 aliphatic carbocycles. The van der Waals surface area contributed by atoms with E-state index in [0.717, 1.165) is 36.5 Å². The molecule has 3 nitrogen and oxygen atoms in total. The van der Waals surface area contributed by atoms with Gasteiger partial charge in [0, 0.05) is 24.3 Å². The number of ether oxygens (including phenoxy) is 1. The third-order valence-corrected chi connectivity index (χ3v) is 3.69. The molecule has 1 unspecified atom stereocenters. The zero-order valence-electron chi connectivity index (χ0n) is 11.4. The number of halogens is 1. The lowest BCUT2D eigenvalue weighted by Gasteiger charge is -2.22. The van der Waals surface area contributed by atoms with Crippen LogP contribution in [0.25, 0.3) is 0 Å². The van der Waals surface area contributed by atoms with E-state index in [9.17, 15) is 0 Å². The first-order valence-electron chi connectivity index (χ1n) is 6.72. The van der Waals surface area contributed by atoms with Crippen LogP contribution in [-0.2, 0) is 11.2 Å². The van der Waals surface area contributed by atoms with Crippen LogP contribution in [0, 0.1) is 6.92 Å². The Bertz CT molecular complexity index is 391. The number of hydrogen-bond acceptors (Lipinski definition) is 3. The van der Waals surface area contributed by atoms with Gasteiger partial charge in [-0.05, 0) is 32.1 Å². The highest BCUT2D eigenvalue weighted by atomic mass is 35.5. The zero-order chi connectivity index (χ0) is 13.1. The van der Waals surface area contributed by atoms with E-state index in [4.69, 9.17) is 16.3 Å². The van der Waals surface area contributed by atoms with Crippen molar-refractivity contribution in [1.29, 1.82) is 0 Å². The predicted molar refractivity (Wildman–Crippen MR) is 73.2 cm³/mol. The lowest BCUT2D eigenvalue weighted by Crippen LogP contribution is -2.22. The van der Waals surface area contributed by atoms with Gasteiger partial charge in [-0.3, -0.25) is 0 Å². The largest absolute Gasteiger partial charge is 0.378 e. The van der Waals surface area contributed by atoms with Crippen molar-refractivity contribution in [3.05, 3.63) is 22.2 Å². The summed E-state index contributed by atoms with van der Waals surface area (Å²) >= 11 is 6.26. The van der Waals surface area contributed by atoms with Crippen molar-refractivity contribution < 1.29 is 4.74 Å². The first-order valence-corrected chi connectivity index (χ1v) is 7.10. The van der Waals surface area contributed by atoms with Gasteiger partial charge in [-0.15, -0.1) is 0 Å². The molecule has 4 heteroatoms. The highest BCUT2D eigenvalue weighted by Gasteiger charge is 2.18. The lowest BCUT2D eigenvalue weighted by atomic mass is 10.0. The maximum atomic E-state index is 6.26. The summed E-state index contributed by atoms with van der Waals surface area (Å²) in [7, 11) is 0. The van der Waals surface area contributed by atoms with E-state index in [1.807, 2.05) is 6.92 Å². The normalized spacial score (nSPS) is 20.4. The molecule has 1 saturated heterocycles. The molecule has 1 aromatic heterocycles. The molecule has 0 aromatic carbocycles. The average molecular weight is 269 g/mol.